The summed E-state index contributed by atoms with van der Waals surface area (Å²) in [5.41, 5.74) is 20.4. The summed E-state index contributed by atoms with van der Waals surface area (Å²) in [6.07, 6.45) is 1.48. The van der Waals surface area contributed by atoms with Crippen LogP contribution in [0, 0.1) is 0 Å². The summed E-state index contributed by atoms with van der Waals surface area (Å²) in [6, 6.07) is 24.3. The Labute approximate surface area is 256 Å². The number of fused-ring (bicyclic) bond motifs is 1. The van der Waals surface area contributed by atoms with E-state index in [1.165, 1.54) is 4.90 Å². The van der Waals surface area contributed by atoms with Crippen LogP contribution in [0.25, 0.3) is 10.9 Å². The van der Waals surface area contributed by atoms with Crippen molar-refractivity contribution in [3.05, 3.63) is 102 Å². The molecule has 8 N–H and O–H groups in total. The van der Waals surface area contributed by atoms with Gasteiger partial charge in [0.25, 0.3) is 0 Å². The van der Waals surface area contributed by atoms with E-state index in [4.69, 9.17) is 21.9 Å². The highest BCUT2D eigenvalue weighted by Crippen LogP contribution is 2.18. The van der Waals surface area contributed by atoms with Crippen LogP contribution in [0.15, 0.2) is 91.1 Å². The van der Waals surface area contributed by atoms with Gasteiger partial charge in [-0.1, -0.05) is 60.7 Å². The monoisotopic (exact) mass is 597 g/mol. The molecule has 44 heavy (non-hydrogen) atoms. The number of pyridine rings is 1. The number of nitrogens with one attached hydrogen (secondary N) is 2. The molecule has 4 aromatic rings. The quantitative estimate of drug-likeness (QED) is 0.138. The number of anilines is 1. The molecule has 0 unspecified atom stereocenters. The summed E-state index contributed by atoms with van der Waals surface area (Å²) in [7, 11) is 0. The van der Waals surface area contributed by atoms with Gasteiger partial charge in [0.1, 0.15) is 18.4 Å². The van der Waals surface area contributed by atoms with Crippen LogP contribution in [0.2, 0.25) is 0 Å². The molecular weight excluding hydrogens is 558 g/mol. The third kappa shape index (κ3) is 9.33. The highest BCUT2D eigenvalue weighted by atomic mass is 16.5. The normalized spacial score (nSPS) is 12.2. The molecule has 0 aliphatic carbocycles. The van der Waals surface area contributed by atoms with Crippen LogP contribution in [0.1, 0.15) is 17.5 Å². The van der Waals surface area contributed by atoms with Crippen molar-refractivity contribution in [1.29, 1.82) is 0 Å². The highest BCUT2D eigenvalue weighted by molar-refractivity contribution is 5.99. The Kier molecular flexibility index (Phi) is 11.8. The molecule has 11 nitrogen and oxygen atoms in total. The molecule has 0 spiro atoms. The van der Waals surface area contributed by atoms with Crippen molar-refractivity contribution in [2.75, 3.05) is 31.5 Å². The molecule has 4 rings (SSSR count). The van der Waals surface area contributed by atoms with E-state index >= 15 is 0 Å². The van der Waals surface area contributed by atoms with Gasteiger partial charge in [0.2, 0.25) is 17.7 Å². The van der Waals surface area contributed by atoms with Gasteiger partial charge in [-0.25, -0.2) is 0 Å². The molecule has 0 aliphatic heterocycles. The van der Waals surface area contributed by atoms with Crippen LogP contribution in [-0.2, 0) is 27.4 Å². The first kappa shape index (κ1) is 32.1. The lowest BCUT2D eigenvalue weighted by Gasteiger charge is -2.24. The van der Waals surface area contributed by atoms with Crippen LogP contribution in [0.5, 0.6) is 5.75 Å². The average molecular weight is 598 g/mol. The Morgan fingerprint density at radius 1 is 0.841 bits per heavy atom. The van der Waals surface area contributed by atoms with Gasteiger partial charge >= 0.3 is 0 Å². The van der Waals surface area contributed by atoms with Crippen molar-refractivity contribution in [2.45, 2.75) is 31.5 Å². The molecule has 0 radical (unpaired) electrons. The molecule has 0 saturated carbocycles. The smallest absolute Gasteiger partial charge is 0.247 e. The van der Waals surface area contributed by atoms with Crippen LogP contribution in [-0.4, -0.2) is 65.9 Å². The maximum absolute atomic E-state index is 13.5. The number of benzene rings is 3. The third-order valence-corrected chi connectivity index (χ3v) is 6.98. The molecule has 0 saturated heterocycles. The van der Waals surface area contributed by atoms with Crippen molar-refractivity contribution in [3.8, 4) is 5.75 Å². The second kappa shape index (κ2) is 16.1. The fraction of sp³-hybridized carbons (Fsp3) is 0.273. The minimum Gasteiger partial charge on any atom is -0.489 e. The van der Waals surface area contributed by atoms with E-state index in [1.807, 2.05) is 84.9 Å². The number of hydrogen-bond acceptors (Lipinski definition) is 8. The molecule has 1 aromatic heterocycles. The van der Waals surface area contributed by atoms with E-state index < -0.39 is 23.9 Å². The second-order valence-electron chi connectivity index (χ2n) is 10.4. The van der Waals surface area contributed by atoms with Crippen LogP contribution in [0.4, 0.5) is 5.69 Å². The lowest BCUT2D eigenvalue weighted by molar-refractivity contribution is -0.134. The van der Waals surface area contributed by atoms with Crippen molar-refractivity contribution in [1.82, 2.24) is 15.2 Å². The van der Waals surface area contributed by atoms with Crippen molar-refractivity contribution in [2.24, 2.45) is 17.2 Å². The fourth-order valence-corrected chi connectivity index (χ4v) is 4.64. The topological polar surface area (TPSA) is 179 Å². The molecule has 3 amide bonds. The molecule has 0 aliphatic rings. The zero-order chi connectivity index (χ0) is 31.3. The van der Waals surface area contributed by atoms with E-state index in [0.29, 0.717) is 31.1 Å². The molecular formula is C33H39N7O4. The van der Waals surface area contributed by atoms with Gasteiger partial charge in [-0.2, -0.15) is 0 Å². The first-order valence-corrected chi connectivity index (χ1v) is 14.5. The molecule has 11 heteroatoms. The summed E-state index contributed by atoms with van der Waals surface area (Å²) in [5, 5.41) is 6.46. The Bertz CT molecular complexity index is 1530. The van der Waals surface area contributed by atoms with E-state index in [9.17, 15) is 14.4 Å². The summed E-state index contributed by atoms with van der Waals surface area (Å²) < 4.78 is 5.88. The maximum atomic E-state index is 13.5. The van der Waals surface area contributed by atoms with Gasteiger partial charge in [-0.15, -0.1) is 0 Å². The number of amides is 3. The summed E-state index contributed by atoms with van der Waals surface area (Å²) in [6.45, 7) is 1.55. The number of hydrogen-bond donors (Lipinski definition) is 5. The van der Waals surface area contributed by atoms with Gasteiger partial charge in [0, 0.05) is 38.0 Å². The SMILES string of the molecule is NCCN(CCN)C(=O)C[C@H](N)C(=O)N[C@@H](Cc1ccc(OCc2ccccc2)cc1)C(=O)Nc1cnc2ccccc2c1. The Hall–Kier alpha value is -4.84. The minimum atomic E-state index is -1.17. The first-order chi connectivity index (χ1) is 21.4. The standard InChI is InChI=1S/C33H39N7O4/c34-14-16-40(17-15-35)31(41)20-28(36)32(42)39-30(33(43)38-26-19-25-8-4-5-9-29(25)37-21-26)18-23-10-12-27(13-11-23)44-22-24-6-2-1-3-7-24/h1-13,19,21,28,30H,14-18,20,22,34-36H2,(H,38,43)(H,39,42)/t28-,30-/m0/s1. The Morgan fingerprint density at radius 3 is 2.23 bits per heavy atom. The number of ether oxygens (including phenoxy) is 1. The molecule has 2 atom stereocenters. The lowest BCUT2D eigenvalue weighted by Crippen LogP contribution is -2.52. The van der Waals surface area contributed by atoms with Crippen LogP contribution < -0.4 is 32.6 Å². The van der Waals surface area contributed by atoms with Crippen molar-refractivity contribution >= 4 is 34.3 Å². The van der Waals surface area contributed by atoms with Crippen molar-refractivity contribution in [3.63, 3.8) is 0 Å². The number of carbonyl (C=O) groups is 3. The zero-order valence-corrected chi connectivity index (χ0v) is 24.5. The molecule has 1 heterocycles. The Balaban J connectivity index is 1.46. The zero-order valence-electron chi connectivity index (χ0n) is 24.5. The Morgan fingerprint density at radius 2 is 1.52 bits per heavy atom. The molecule has 0 fully saturated rings. The fourth-order valence-electron chi connectivity index (χ4n) is 4.64. The summed E-state index contributed by atoms with van der Waals surface area (Å²) in [5.74, 6) is -0.743. The van der Waals surface area contributed by atoms with E-state index in [2.05, 4.69) is 15.6 Å². The van der Waals surface area contributed by atoms with Crippen LogP contribution >= 0.6 is 0 Å². The second-order valence-corrected chi connectivity index (χ2v) is 10.4. The first-order valence-electron chi connectivity index (χ1n) is 14.5. The van der Waals surface area contributed by atoms with Gasteiger partial charge < -0.3 is 37.5 Å². The van der Waals surface area contributed by atoms with Gasteiger partial charge in [0.15, 0.2) is 0 Å². The number of rotatable bonds is 15. The highest BCUT2D eigenvalue weighted by Gasteiger charge is 2.27. The third-order valence-electron chi connectivity index (χ3n) is 6.98. The lowest BCUT2D eigenvalue weighted by atomic mass is 10.0. The van der Waals surface area contributed by atoms with Crippen molar-refractivity contribution < 1.29 is 19.1 Å². The number of carbonyl (C=O) groups excluding carboxylic acids is 3. The van der Waals surface area contributed by atoms with Gasteiger partial charge in [0.05, 0.1) is 29.9 Å². The van der Waals surface area contributed by atoms with E-state index in [0.717, 1.165) is 22.0 Å². The minimum absolute atomic E-state index is 0.171. The van der Waals surface area contributed by atoms with Gasteiger partial charge in [-0.05, 0) is 35.4 Å². The predicted octanol–water partition coefficient (Wildman–Crippen LogP) is 1.94. The largest absolute Gasteiger partial charge is 0.489 e. The molecule has 230 valence electrons. The molecule has 0 bridgehead atoms. The summed E-state index contributed by atoms with van der Waals surface area (Å²) >= 11 is 0. The van der Waals surface area contributed by atoms with E-state index in [-0.39, 0.29) is 31.8 Å². The summed E-state index contributed by atoms with van der Waals surface area (Å²) in [4.78, 5) is 45.3. The number of para-hydroxylation sites is 1. The number of nitrogens with zero attached hydrogens (tertiary/aromatic N) is 2. The van der Waals surface area contributed by atoms with Gasteiger partial charge in [-0.3, -0.25) is 19.4 Å². The number of nitrogens with two attached hydrogens (primary N) is 3. The maximum Gasteiger partial charge on any atom is 0.247 e. The van der Waals surface area contributed by atoms with Crippen LogP contribution in [0.3, 0.4) is 0 Å². The molecule has 3 aromatic carbocycles. The number of aromatic nitrogens is 1. The van der Waals surface area contributed by atoms with E-state index in [1.54, 1.807) is 6.20 Å². The predicted molar refractivity (Wildman–Crippen MR) is 171 cm³/mol. The average Bonchev–Trinajstić information content (AvgIpc) is 3.04.